The van der Waals surface area contributed by atoms with Gasteiger partial charge in [-0.05, 0) is 94.2 Å². The molecule has 25 N–H and O–H groups in total. The minimum absolute atomic E-state index is 0.000405. The number of carbonyl (C=O) groups is 18. The molecule has 0 radical (unpaired) electrons. The Hall–Kier alpha value is -12.4. The average Bonchev–Trinajstić information content (AvgIpc) is 1.61. The number of imidazole rings is 1. The molecular formula is C66H91N19O23. The molecule has 0 bridgehead atoms. The number of likely N-dealkylation sites (tertiary alicyclic amines) is 2. The van der Waals surface area contributed by atoms with Crippen LogP contribution in [0.4, 0.5) is 0 Å². The van der Waals surface area contributed by atoms with Gasteiger partial charge in [0.25, 0.3) is 0 Å². The topological polar surface area (TPSA) is 680 Å². The second-order valence-electron chi connectivity index (χ2n) is 25.6. The predicted molar refractivity (Wildman–Crippen MR) is 370 cm³/mol. The van der Waals surface area contributed by atoms with E-state index in [-0.39, 0.29) is 75.2 Å². The predicted octanol–water partition coefficient (Wildman–Crippen LogP) is -8.86. The summed E-state index contributed by atoms with van der Waals surface area (Å²) in [6.45, 7) is -0.526. The molecule has 0 unspecified atom stereocenters. The number of aromatic nitrogens is 2. The lowest BCUT2D eigenvalue weighted by atomic mass is 10.0. The number of carbonyl (C=O) groups excluding carboxylic acids is 16. The highest BCUT2D eigenvalue weighted by Gasteiger charge is 2.43. The van der Waals surface area contributed by atoms with E-state index in [0.29, 0.717) is 17.5 Å². The van der Waals surface area contributed by atoms with Crippen LogP contribution in [0, 0.1) is 0 Å². The fourth-order valence-corrected chi connectivity index (χ4v) is 11.4. The Bertz CT molecular complexity index is 3770. The fraction of sp³-hybridized carbons (Fsp3) is 0.500. The van der Waals surface area contributed by atoms with E-state index >= 15 is 0 Å². The van der Waals surface area contributed by atoms with Crippen LogP contribution in [0.3, 0.4) is 0 Å². The number of primary amides is 3. The van der Waals surface area contributed by atoms with Gasteiger partial charge >= 0.3 is 11.9 Å². The highest BCUT2D eigenvalue weighted by molar-refractivity contribution is 6.01. The summed E-state index contributed by atoms with van der Waals surface area (Å²) in [6.07, 6.45) is -1.84. The summed E-state index contributed by atoms with van der Waals surface area (Å²) in [7, 11) is 0. The summed E-state index contributed by atoms with van der Waals surface area (Å²) < 4.78 is 0. The SMILES string of the molecule is C[C@H](N)C(=O)N[C@@H](CCC(N)=O)C(=O)N1CCC[C@H]1C(=O)N[C@@H](Cc1ccc(O)cc1)C(=O)N1CCC[C@H]1C(=O)N[C@@H](CCC(N)=O)C(=O)NCC(=O)N[C@@H](CC(N)=O)C(=O)N[C@@H](Cc1c[nH]cn1)C(=O)N[C@@H](CCC(=O)O)C(=O)N[C@@H](C)C(=O)N[C@@H](CO)C(=O)N[C@@H](Cc1ccc(O)cc1)C(=O)NCC(=O)O. The minimum Gasteiger partial charge on any atom is -0.508 e. The van der Waals surface area contributed by atoms with Crippen molar-refractivity contribution >= 4 is 106 Å². The number of phenols is 2. The fourth-order valence-electron chi connectivity index (χ4n) is 11.4. The highest BCUT2D eigenvalue weighted by atomic mass is 16.4. The van der Waals surface area contributed by atoms with Gasteiger partial charge in [0.2, 0.25) is 94.5 Å². The first-order chi connectivity index (χ1) is 51.0. The third-order valence-corrected chi connectivity index (χ3v) is 17.0. The molecule has 12 atom stereocenters. The Morgan fingerprint density at radius 2 is 0.917 bits per heavy atom. The minimum atomic E-state index is -1.94. The largest absolute Gasteiger partial charge is 0.508 e. The molecule has 5 rings (SSSR count). The third kappa shape index (κ3) is 27.9. The number of aromatic amines is 1. The first-order valence-corrected chi connectivity index (χ1v) is 34.1. The molecule has 2 aliphatic rings. The maximum absolute atomic E-state index is 14.8. The molecule has 16 amide bonds. The smallest absolute Gasteiger partial charge is 0.322 e. The number of nitrogens with one attached hydrogen (secondary N) is 12. The Kier molecular flexibility index (Phi) is 33.5. The number of aliphatic hydroxyl groups is 1. The average molecular weight is 1520 g/mol. The molecule has 42 heteroatoms. The number of nitrogens with two attached hydrogens (primary N) is 4. The summed E-state index contributed by atoms with van der Waals surface area (Å²) in [5, 5.41) is 74.2. The number of aromatic hydroxyl groups is 2. The van der Waals surface area contributed by atoms with Crippen LogP contribution in [0.2, 0.25) is 0 Å². The molecule has 0 aliphatic carbocycles. The second kappa shape index (κ2) is 41.9. The molecule has 2 fully saturated rings. The quantitative estimate of drug-likeness (QED) is 0.0250. The van der Waals surface area contributed by atoms with Gasteiger partial charge in [-0.1, -0.05) is 24.3 Å². The molecule has 42 nitrogen and oxygen atoms in total. The summed E-state index contributed by atoms with van der Waals surface area (Å²) in [5.41, 5.74) is 22.9. The Labute approximate surface area is 615 Å². The van der Waals surface area contributed by atoms with Gasteiger partial charge in [0.05, 0.1) is 37.6 Å². The van der Waals surface area contributed by atoms with Gasteiger partial charge in [-0.3, -0.25) is 86.3 Å². The number of hydrogen-bond acceptors (Lipinski definition) is 23. The maximum Gasteiger partial charge on any atom is 0.322 e. The van der Waals surface area contributed by atoms with Crippen molar-refractivity contribution in [3.8, 4) is 11.5 Å². The van der Waals surface area contributed by atoms with Gasteiger partial charge in [0.1, 0.15) is 84.5 Å². The van der Waals surface area contributed by atoms with E-state index < -0.39 is 237 Å². The Morgan fingerprint density at radius 1 is 0.481 bits per heavy atom. The third-order valence-electron chi connectivity index (χ3n) is 17.0. The van der Waals surface area contributed by atoms with Gasteiger partial charge in [-0.2, -0.15) is 0 Å². The van der Waals surface area contributed by atoms with Crippen LogP contribution in [-0.4, -0.2) is 257 Å². The molecule has 0 saturated carbocycles. The number of aliphatic hydroxyl groups excluding tert-OH is 1. The van der Waals surface area contributed by atoms with E-state index in [1.165, 1.54) is 72.9 Å². The number of H-pyrrole nitrogens is 1. The molecule has 108 heavy (non-hydrogen) atoms. The van der Waals surface area contributed by atoms with Gasteiger partial charge in [0.15, 0.2) is 0 Å². The van der Waals surface area contributed by atoms with Crippen LogP contribution in [0.5, 0.6) is 11.5 Å². The second-order valence-corrected chi connectivity index (χ2v) is 25.6. The van der Waals surface area contributed by atoms with Crippen molar-refractivity contribution in [2.45, 2.75) is 176 Å². The van der Waals surface area contributed by atoms with Gasteiger partial charge in [-0.25, -0.2) is 4.98 Å². The van der Waals surface area contributed by atoms with E-state index in [1.807, 2.05) is 0 Å². The summed E-state index contributed by atoms with van der Waals surface area (Å²) >= 11 is 0. The normalized spacial score (nSPS) is 16.6. The van der Waals surface area contributed by atoms with E-state index in [4.69, 9.17) is 28.0 Å². The van der Waals surface area contributed by atoms with Crippen molar-refractivity contribution < 1.29 is 112 Å². The lowest BCUT2D eigenvalue weighted by Gasteiger charge is -2.32. The molecular weight excluding hydrogens is 1430 g/mol. The number of carboxylic acid groups (broad SMARTS) is 2. The zero-order valence-electron chi connectivity index (χ0n) is 58.9. The van der Waals surface area contributed by atoms with Crippen molar-refractivity contribution in [2.24, 2.45) is 22.9 Å². The molecule has 3 heterocycles. The number of rotatable bonds is 43. The molecule has 2 aromatic carbocycles. The molecule has 2 saturated heterocycles. The van der Waals surface area contributed by atoms with Crippen molar-refractivity contribution in [1.82, 2.24) is 78.3 Å². The molecule has 588 valence electrons. The lowest BCUT2D eigenvalue weighted by molar-refractivity contribution is -0.144. The number of phenolic OH excluding ortho intramolecular Hbond substituents is 2. The van der Waals surface area contributed by atoms with Crippen molar-refractivity contribution in [3.63, 3.8) is 0 Å². The zero-order valence-corrected chi connectivity index (χ0v) is 58.9. The van der Waals surface area contributed by atoms with Crippen molar-refractivity contribution in [3.05, 3.63) is 77.9 Å². The lowest BCUT2D eigenvalue weighted by Crippen LogP contribution is -2.60. The Balaban J connectivity index is 1.27. The van der Waals surface area contributed by atoms with Crippen LogP contribution in [0.15, 0.2) is 61.1 Å². The van der Waals surface area contributed by atoms with Crippen LogP contribution in [0.1, 0.15) is 101 Å². The highest BCUT2D eigenvalue weighted by Crippen LogP contribution is 2.24. The molecule has 0 spiro atoms. The number of nitrogens with zero attached hydrogens (tertiary/aromatic N) is 3. The molecule has 3 aromatic rings. The van der Waals surface area contributed by atoms with Gasteiger partial charge in [0, 0.05) is 57.8 Å². The molecule has 1 aromatic heterocycles. The van der Waals surface area contributed by atoms with Crippen molar-refractivity contribution in [1.29, 1.82) is 0 Å². The number of benzene rings is 2. The first kappa shape index (κ1) is 86.3. The summed E-state index contributed by atoms with van der Waals surface area (Å²) in [6, 6.07) is -7.58. The monoisotopic (exact) mass is 1520 g/mol. The zero-order chi connectivity index (χ0) is 80.1. The summed E-state index contributed by atoms with van der Waals surface area (Å²) in [4.78, 5) is 248. The number of amides is 16. The Morgan fingerprint density at radius 3 is 1.42 bits per heavy atom. The van der Waals surface area contributed by atoms with Crippen LogP contribution >= 0.6 is 0 Å². The summed E-state index contributed by atoms with van der Waals surface area (Å²) in [5.74, 6) is -19.4. The standard InChI is InChI=1S/C66H91N19O23/c1-32(67)55(97)79-41(16-19-50(69)90)65(107)84-21-3-6-48(84)64(106)82-45(24-35-9-13-38(88)14-10-35)66(108)85-22-4-5-47(85)63(105)78-39(15-18-49(68)89)57(99)72-28-52(92)76-44(26-51(70)91)61(103)81-43(25-36-27-71-31-74-36)60(102)77-40(17-20-53(93)94)59(101)75-33(2)56(98)83-46(30-86)62(104)80-42(58(100)73-29-54(95)96)23-34-7-11-37(87)12-8-34/h7-14,27,31-33,39-48,86-88H,3-6,15-26,28-30,67H2,1-2H3,(H2,68,89)(H2,69,90)(H2,70,91)(H,71,74)(H,72,99)(H,73,100)(H,75,101)(H,76,92)(H,77,102)(H,78,105)(H,79,97)(H,80,104)(H,81,103)(H,82,106)(H,83,98)(H,93,94)(H,95,96)/t32-,33-,39-,40-,41-,42-,43-,44-,45-,46-,47-,48-/m0/s1. The van der Waals surface area contributed by atoms with Crippen molar-refractivity contribution in [2.75, 3.05) is 32.8 Å². The van der Waals surface area contributed by atoms with Gasteiger partial charge < -0.3 is 122 Å². The number of aliphatic carboxylic acids is 2. The number of carboxylic acids is 2. The van der Waals surface area contributed by atoms with E-state index in [2.05, 4.69) is 68.5 Å². The first-order valence-electron chi connectivity index (χ1n) is 34.1. The van der Waals surface area contributed by atoms with E-state index in [9.17, 15) is 107 Å². The van der Waals surface area contributed by atoms with Crippen LogP contribution in [0.25, 0.3) is 0 Å². The number of hydrogen-bond donors (Lipinski definition) is 21. The molecule has 2 aliphatic heterocycles. The maximum atomic E-state index is 14.8. The van der Waals surface area contributed by atoms with E-state index in [1.54, 1.807) is 0 Å². The van der Waals surface area contributed by atoms with E-state index in [0.717, 1.165) is 11.8 Å². The van der Waals surface area contributed by atoms with Gasteiger partial charge in [-0.15, -0.1) is 0 Å². The van der Waals surface area contributed by atoms with Crippen LogP contribution < -0.4 is 81.4 Å². The van der Waals surface area contributed by atoms with Crippen LogP contribution in [-0.2, 0) is 106 Å².